The number of nitrogens with one attached hydrogen (secondary N) is 1. The van der Waals surface area contributed by atoms with E-state index in [9.17, 15) is 35.9 Å². The molecule has 0 aliphatic carbocycles. The third-order valence-electron chi connectivity index (χ3n) is 4.66. The molecule has 2 aromatic carbocycles. The number of rotatable bonds is 3. The van der Waals surface area contributed by atoms with Gasteiger partial charge in [0.05, 0.1) is 22.5 Å². The molecule has 0 bridgehead atoms. The fourth-order valence-electron chi connectivity index (χ4n) is 3.20. The Balaban J connectivity index is 1.92. The van der Waals surface area contributed by atoms with Crippen LogP contribution in [-0.2, 0) is 11.0 Å². The summed E-state index contributed by atoms with van der Waals surface area (Å²) in [4.78, 5) is 25.5. The number of aromatic amines is 1. The Kier molecular flexibility index (Phi) is 5.23. The zero-order chi connectivity index (χ0) is 24.0. The fourth-order valence-corrected chi connectivity index (χ4v) is 3.20. The molecule has 12 heteroatoms. The zero-order valence-electron chi connectivity index (χ0n) is 16.3. The molecule has 2 heterocycles. The van der Waals surface area contributed by atoms with E-state index < -0.39 is 46.4 Å². The van der Waals surface area contributed by atoms with Crippen molar-refractivity contribution in [1.29, 1.82) is 0 Å². The van der Waals surface area contributed by atoms with Crippen molar-refractivity contribution in [3.05, 3.63) is 87.8 Å². The Morgan fingerprint density at radius 2 is 1.33 bits per heavy atom. The molecule has 33 heavy (non-hydrogen) atoms. The van der Waals surface area contributed by atoms with Gasteiger partial charge >= 0.3 is 12.4 Å². The lowest BCUT2D eigenvalue weighted by atomic mass is 10.1. The summed E-state index contributed by atoms with van der Waals surface area (Å²) < 4.78 is 82.3. The van der Waals surface area contributed by atoms with E-state index in [1.165, 1.54) is 48.5 Å². The summed E-state index contributed by atoms with van der Waals surface area (Å²) >= 11 is 0. The van der Waals surface area contributed by atoms with Gasteiger partial charge in [0.2, 0.25) is 0 Å². The van der Waals surface area contributed by atoms with E-state index in [2.05, 4.69) is 5.10 Å². The quantitative estimate of drug-likeness (QED) is 0.455. The number of anilines is 1. The first-order valence-electron chi connectivity index (χ1n) is 9.23. The molecule has 6 nitrogen and oxygen atoms in total. The second-order valence-electron chi connectivity index (χ2n) is 6.83. The highest BCUT2D eigenvalue weighted by Crippen LogP contribution is 2.35. The van der Waals surface area contributed by atoms with Crippen molar-refractivity contribution in [3.8, 4) is 5.69 Å². The number of benzene rings is 2. The molecule has 3 aromatic rings. The average molecular weight is 466 g/mol. The second-order valence-corrected chi connectivity index (χ2v) is 6.83. The molecule has 1 N–H and O–H groups in total. The van der Waals surface area contributed by atoms with Crippen LogP contribution in [0.2, 0.25) is 0 Å². The van der Waals surface area contributed by atoms with Gasteiger partial charge < -0.3 is 0 Å². The molecule has 1 aromatic heterocycles. The molecule has 0 radical (unpaired) electrons. The molecule has 1 aliphatic rings. The van der Waals surface area contributed by atoms with Crippen LogP contribution in [0.1, 0.15) is 11.3 Å². The van der Waals surface area contributed by atoms with Gasteiger partial charge in [-0.05, 0) is 30.3 Å². The number of hydrazone groups is 1. The van der Waals surface area contributed by atoms with E-state index in [0.29, 0.717) is 9.69 Å². The summed E-state index contributed by atoms with van der Waals surface area (Å²) in [6, 6.07) is 14.2. The third-order valence-corrected chi connectivity index (χ3v) is 4.66. The SMILES string of the molecule is O=C1/C(=C\c2c(C(F)(F)F)[nH]n(-c3ccccc3)c2=O)C(C(F)(F)F)=NN1c1ccccc1. The van der Waals surface area contributed by atoms with Crippen LogP contribution in [0.15, 0.2) is 76.1 Å². The van der Waals surface area contributed by atoms with Gasteiger partial charge in [0.15, 0.2) is 5.71 Å². The van der Waals surface area contributed by atoms with E-state index in [1.54, 1.807) is 12.1 Å². The summed E-state index contributed by atoms with van der Waals surface area (Å²) in [7, 11) is 0. The van der Waals surface area contributed by atoms with Gasteiger partial charge in [0.25, 0.3) is 11.5 Å². The zero-order valence-corrected chi connectivity index (χ0v) is 16.3. The highest BCUT2D eigenvalue weighted by molar-refractivity contribution is 6.34. The number of nitrogens with zero attached hydrogens (tertiary/aromatic N) is 3. The maximum atomic E-state index is 13.6. The maximum absolute atomic E-state index is 13.6. The van der Waals surface area contributed by atoms with Crippen molar-refractivity contribution in [2.75, 3.05) is 5.01 Å². The number of alkyl halides is 6. The fraction of sp³-hybridized carbons (Fsp3) is 0.0952. The summed E-state index contributed by atoms with van der Waals surface area (Å²) in [6.07, 6.45) is -10.0. The smallest absolute Gasteiger partial charge is 0.286 e. The molecule has 0 spiro atoms. The first kappa shape index (κ1) is 22.1. The normalized spacial score (nSPS) is 15.9. The van der Waals surface area contributed by atoms with Crippen LogP contribution in [0.3, 0.4) is 0 Å². The number of H-pyrrole nitrogens is 1. The van der Waals surface area contributed by atoms with E-state index in [-0.39, 0.29) is 17.5 Å². The number of amides is 1. The van der Waals surface area contributed by atoms with Crippen LogP contribution in [0, 0.1) is 0 Å². The standard InChI is InChI=1S/C21H12F6N4O2/c22-20(23,24)16-14(18(32)30(28-16)12-7-3-1-4-8-12)11-15-17(21(25,26)27)29-31(19(15)33)13-9-5-2-6-10-13/h1-11,28H/b15-11-. The van der Waals surface area contributed by atoms with Gasteiger partial charge in [-0.3, -0.25) is 14.7 Å². The molecule has 0 fully saturated rings. The molecule has 0 atom stereocenters. The molecule has 1 amide bonds. The summed E-state index contributed by atoms with van der Waals surface area (Å²) in [5.74, 6) is -1.33. The first-order valence-corrected chi connectivity index (χ1v) is 9.23. The lowest BCUT2D eigenvalue weighted by molar-refractivity contribution is -0.141. The molecular weight excluding hydrogens is 454 g/mol. The van der Waals surface area contributed by atoms with Crippen LogP contribution < -0.4 is 10.6 Å². The monoisotopic (exact) mass is 466 g/mol. The molecule has 1 aliphatic heterocycles. The minimum absolute atomic E-state index is 0.0195. The van der Waals surface area contributed by atoms with Crippen molar-refractivity contribution in [1.82, 2.24) is 9.78 Å². The molecule has 0 unspecified atom stereocenters. The maximum Gasteiger partial charge on any atom is 0.435 e. The Morgan fingerprint density at radius 1 is 0.788 bits per heavy atom. The highest BCUT2D eigenvalue weighted by Gasteiger charge is 2.47. The Bertz CT molecular complexity index is 1320. The number of halogens is 6. The van der Waals surface area contributed by atoms with Gasteiger partial charge in [0.1, 0.15) is 5.69 Å². The third kappa shape index (κ3) is 4.06. The van der Waals surface area contributed by atoms with Gasteiger partial charge in [-0.25, -0.2) is 4.68 Å². The van der Waals surface area contributed by atoms with E-state index in [0.717, 1.165) is 0 Å². The largest absolute Gasteiger partial charge is 0.435 e. The second kappa shape index (κ2) is 7.80. The topological polar surface area (TPSA) is 70.5 Å². The van der Waals surface area contributed by atoms with Crippen LogP contribution in [0.25, 0.3) is 11.8 Å². The number of aromatic nitrogens is 2. The van der Waals surface area contributed by atoms with Crippen molar-refractivity contribution in [2.24, 2.45) is 5.10 Å². The average Bonchev–Trinajstić information content (AvgIpc) is 3.27. The van der Waals surface area contributed by atoms with Crippen LogP contribution in [0.4, 0.5) is 32.0 Å². The number of para-hydroxylation sites is 2. The Labute approximate surface area is 181 Å². The number of carbonyl (C=O) groups excluding carboxylic acids is 1. The Morgan fingerprint density at radius 3 is 1.85 bits per heavy atom. The van der Waals surface area contributed by atoms with E-state index in [4.69, 9.17) is 0 Å². The van der Waals surface area contributed by atoms with Crippen molar-refractivity contribution in [2.45, 2.75) is 12.4 Å². The minimum atomic E-state index is -5.17. The van der Waals surface area contributed by atoms with Crippen molar-refractivity contribution < 1.29 is 31.1 Å². The predicted molar refractivity (Wildman–Crippen MR) is 107 cm³/mol. The lowest BCUT2D eigenvalue weighted by Crippen LogP contribution is -2.26. The summed E-state index contributed by atoms with van der Waals surface area (Å²) in [5, 5.41) is 5.58. The minimum Gasteiger partial charge on any atom is -0.286 e. The van der Waals surface area contributed by atoms with Gasteiger partial charge in [0, 0.05) is 0 Å². The van der Waals surface area contributed by atoms with Gasteiger partial charge in [-0.1, -0.05) is 36.4 Å². The summed E-state index contributed by atoms with van der Waals surface area (Å²) in [5.41, 5.74) is -6.94. The Hall–Kier alpha value is -4.09. The van der Waals surface area contributed by atoms with E-state index in [1.807, 2.05) is 5.10 Å². The van der Waals surface area contributed by atoms with Crippen molar-refractivity contribution >= 4 is 23.4 Å². The van der Waals surface area contributed by atoms with Crippen LogP contribution in [0.5, 0.6) is 0 Å². The van der Waals surface area contributed by atoms with Crippen LogP contribution >= 0.6 is 0 Å². The molecule has 0 saturated heterocycles. The van der Waals surface area contributed by atoms with E-state index >= 15 is 0 Å². The number of carbonyl (C=O) groups is 1. The lowest BCUT2D eigenvalue weighted by Gasteiger charge is -2.10. The number of hydrogen-bond acceptors (Lipinski definition) is 3. The molecule has 170 valence electrons. The summed E-state index contributed by atoms with van der Waals surface area (Å²) in [6.45, 7) is 0. The van der Waals surface area contributed by atoms with Crippen LogP contribution in [-0.4, -0.2) is 27.6 Å². The van der Waals surface area contributed by atoms with Gasteiger partial charge in [-0.2, -0.15) is 36.5 Å². The highest BCUT2D eigenvalue weighted by atomic mass is 19.4. The predicted octanol–water partition coefficient (Wildman–Crippen LogP) is 4.53. The van der Waals surface area contributed by atoms with Crippen molar-refractivity contribution in [3.63, 3.8) is 0 Å². The van der Waals surface area contributed by atoms with Gasteiger partial charge in [-0.15, -0.1) is 0 Å². The number of hydrogen-bond donors (Lipinski definition) is 1. The molecule has 4 rings (SSSR count). The first-order chi connectivity index (χ1) is 15.5. The molecule has 0 saturated carbocycles. The molecular formula is C21H12F6N4O2.